The second kappa shape index (κ2) is 20.9. The van der Waals surface area contributed by atoms with Crippen LogP contribution in [0.4, 0.5) is 0 Å². The Labute approximate surface area is 406 Å². The molecule has 6 unspecified atom stereocenters. The van der Waals surface area contributed by atoms with Crippen molar-refractivity contribution in [2.24, 2.45) is 0 Å². The first-order valence-electron chi connectivity index (χ1n) is 21.0. The quantitative estimate of drug-likeness (QED) is 0.0775. The summed E-state index contributed by atoms with van der Waals surface area (Å²) in [6.07, 6.45) is 4.89. The van der Waals surface area contributed by atoms with Crippen LogP contribution in [0.25, 0.3) is 0 Å². The lowest BCUT2D eigenvalue weighted by atomic mass is 9.78. The number of hydrogen-bond acceptors (Lipinski definition) is 6. The van der Waals surface area contributed by atoms with Gasteiger partial charge in [-0.05, 0) is 137 Å². The normalized spacial score (nSPS) is 18.2. The van der Waals surface area contributed by atoms with E-state index < -0.39 is 10.8 Å². The molecule has 6 nitrogen and oxygen atoms in total. The molecule has 2 fully saturated rings. The number of halogens is 8. The van der Waals surface area contributed by atoms with E-state index in [1.165, 1.54) is 0 Å². The first-order valence-corrected chi connectivity index (χ1v) is 24.0. The van der Waals surface area contributed by atoms with Gasteiger partial charge in [0.05, 0.1) is 90.0 Å². The van der Waals surface area contributed by atoms with Gasteiger partial charge in [0.2, 0.25) is 0 Å². The molecule has 0 spiro atoms. The maximum absolute atomic E-state index is 6.86. The van der Waals surface area contributed by atoms with Gasteiger partial charge in [-0.3, -0.25) is 0 Å². The number of epoxide rings is 2. The van der Waals surface area contributed by atoms with Gasteiger partial charge in [-0.15, -0.1) is 0 Å². The van der Waals surface area contributed by atoms with Crippen molar-refractivity contribution in [2.45, 2.75) is 141 Å². The third-order valence-electron chi connectivity index (χ3n) is 11.7. The maximum Gasteiger partial charge on any atom is 0.156 e. The Morgan fingerprint density at radius 2 is 0.613 bits per heavy atom. The lowest BCUT2D eigenvalue weighted by molar-refractivity contribution is 0.161. The van der Waals surface area contributed by atoms with Crippen molar-refractivity contribution in [3.05, 3.63) is 111 Å². The van der Waals surface area contributed by atoms with Crippen LogP contribution in [0, 0.1) is 0 Å². The van der Waals surface area contributed by atoms with Gasteiger partial charge >= 0.3 is 0 Å². The molecule has 2 aliphatic heterocycles. The summed E-state index contributed by atoms with van der Waals surface area (Å²) in [5.41, 5.74) is 2.38. The van der Waals surface area contributed by atoms with E-state index in [1.807, 2.05) is 76.2 Å². The van der Waals surface area contributed by atoms with Crippen LogP contribution < -0.4 is 18.9 Å². The highest BCUT2D eigenvalue weighted by molar-refractivity contribution is 6.39. The minimum absolute atomic E-state index is 0.0604. The van der Waals surface area contributed by atoms with Gasteiger partial charge in [-0.25, -0.2) is 0 Å². The minimum atomic E-state index is -0.562. The molecule has 6 rings (SSSR count). The molecule has 6 atom stereocenters. The number of ether oxygens (including phenoxy) is 6. The van der Waals surface area contributed by atoms with Crippen molar-refractivity contribution in [1.82, 2.24) is 0 Å². The van der Waals surface area contributed by atoms with Crippen LogP contribution in [0.3, 0.4) is 0 Å². The monoisotopic (exact) mass is 1010 g/mol. The summed E-state index contributed by atoms with van der Waals surface area (Å²) in [7, 11) is 0. The topological polar surface area (TPSA) is 62.0 Å². The Hall–Kier alpha value is -1.68. The lowest BCUT2D eigenvalue weighted by Crippen LogP contribution is -2.21. The number of rotatable bonds is 21. The zero-order chi connectivity index (χ0) is 45.3. The molecule has 62 heavy (non-hydrogen) atoms. The van der Waals surface area contributed by atoms with E-state index in [-0.39, 0.29) is 24.4 Å². The van der Waals surface area contributed by atoms with Gasteiger partial charge in [-0.2, -0.15) is 0 Å². The summed E-state index contributed by atoms with van der Waals surface area (Å²) in [6, 6.07) is 15.0. The van der Waals surface area contributed by atoms with Gasteiger partial charge < -0.3 is 28.4 Å². The van der Waals surface area contributed by atoms with Crippen molar-refractivity contribution < 1.29 is 28.4 Å². The van der Waals surface area contributed by atoms with E-state index in [0.29, 0.717) is 88.2 Å². The number of benzene rings is 4. The molecule has 0 radical (unpaired) electrons. The van der Waals surface area contributed by atoms with Crippen LogP contribution in [-0.2, 0) is 20.3 Å². The van der Waals surface area contributed by atoms with Crippen LogP contribution in [0.5, 0.6) is 23.0 Å². The molecule has 14 heteroatoms. The van der Waals surface area contributed by atoms with Crippen molar-refractivity contribution >= 4 is 92.8 Å². The molecular weight excluding hydrogens is 956 g/mol. The molecule has 0 aliphatic carbocycles. The van der Waals surface area contributed by atoms with Gasteiger partial charge in [0.25, 0.3) is 0 Å². The van der Waals surface area contributed by atoms with Crippen molar-refractivity contribution in [3.63, 3.8) is 0 Å². The maximum atomic E-state index is 6.86. The summed E-state index contributed by atoms with van der Waals surface area (Å²) in [5.74, 6) is 1.75. The summed E-state index contributed by atoms with van der Waals surface area (Å²) in [5, 5.41) is 3.31. The average Bonchev–Trinajstić information content (AvgIpc) is 4.14. The molecule has 0 bridgehead atoms. The smallest absolute Gasteiger partial charge is 0.156 e. The SMILES string of the molecule is CC(CCC(C)Oc1c(Cl)cc(C(C)(C)c2cc(Cl)c(OC(C)CCC3CO3)c(Cl)c2)cc1Cl)Oc1c(Cl)cc(C(C)(C)c2cc(Cl)c(OC(C)CCC3CO3)c(Cl)c2)cc1Cl. The van der Waals surface area contributed by atoms with Gasteiger partial charge in [0, 0.05) is 10.8 Å². The van der Waals surface area contributed by atoms with Crippen molar-refractivity contribution in [1.29, 1.82) is 0 Å². The number of hydrogen-bond donors (Lipinski definition) is 0. The molecule has 2 saturated heterocycles. The van der Waals surface area contributed by atoms with Crippen LogP contribution >= 0.6 is 92.8 Å². The summed E-state index contributed by atoms with van der Waals surface area (Å²) >= 11 is 54.4. The molecule has 2 heterocycles. The molecule has 4 aromatic rings. The van der Waals surface area contributed by atoms with Crippen LogP contribution in [-0.4, -0.2) is 49.8 Å². The first kappa shape index (κ1) is 49.7. The molecule has 0 N–H and O–H groups in total. The second-order valence-electron chi connectivity index (χ2n) is 17.7. The molecule has 0 aromatic heterocycles. The Morgan fingerprint density at radius 1 is 0.419 bits per heavy atom. The Balaban J connectivity index is 1.05. The largest absolute Gasteiger partial charge is 0.488 e. The fraction of sp³-hybridized carbons (Fsp3) is 0.500. The zero-order valence-electron chi connectivity index (χ0n) is 36.2. The fourth-order valence-electron chi connectivity index (χ4n) is 7.29. The van der Waals surface area contributed by atoms with Gasteiger partial charge in [0.1, 0.15) is 0 Å². The van der Waals surface area contributed by atoms with E-state index in [9.17, 15) is 0 Å². The Morgan fingerprint density at radius 3 is 0.806 bits per heavy atom. The Kier molecular flexibility index (Phi) is 16.7. The lowest BCUT2D eigenvalue weighted by Gasteiger charge is -2.29. The van der Waals surface area contributed by atoms with Crippen LogP contribution in [0.15, 0.2) is 48.5 Å². The van der Waals surface area contributed by atoms with E-state index in [0.717, 1.165) is 61.2 Å². The minimum Gasteiger partial charge on any atom is -0.488 e. The average molecular weight is 1010 g/mol. The highest BCUT2D eigenvalue weighted by Gasteiger charge is 2.31. The molecule has 0 amide bonds. The third-order valence-corrected chi connectivity index (χ3v) is 14.0. The van der Waals surface area contributed by atoms with Gasteiger partial charge in [0.15, 0.2) is 23.0 Å². The van der Waals surface area contributed by atoms with Crippen molar-refractivity contribution in [3.8, 4) is 23.0 Å². The predicted molar refractivity (Wildman–Crippen MR) is 258 cm³/mol. The van der Waals surface area contributed by atoms with Gasteiger partial charge in [-0.1, -0.05) is 121 Å². The standard InChI is InChI=1S/C48H54Cl8O6/c1-25(59-43-35(49)15-29(16-36(43)50)47(5,6)31-19-39(53)45(40(54)20-31)61-27(3)11-13-33-23-57-33)9-10-26(2)60-44-37(51)17-30(18-38(44)52)48(7,8)32-21-41(55)46(42(56)22-32)62-28(4)12-14-34-24-58-34/h15-22,25-28,33-34H,9-14,23-24H2,1-8H3. The summed E-state index contributed by atoms with van der Waals surface area (Å²) < 4.78 is 35.6. The third kappa shape index (κ3) is 12.6. The predicted octanol–water partition coefficient (Wildman–Crippen LogP) is 16.5. The Bertz CT molecular complexity index is 1970. The van der Waals surface area contributed by atoms with E-state index in [4.69, 9.17) is 121 Å². The fourth-order valence-corrected chi connectivity index (χ4v) is 9.59. The van der Waals surface area contributed by atoms with Crippen LogP contribution in [0.1, 0.15) is 116 Å². The van der Waals surface area contributed by atoms with E-state index >= 15 is 0 Å². The summed E-state index contributed by atoms with van der Waals surface area (Å²) in [4.78, 5) is 0. The highest BCUT2D eigenvalue weighted by Crippen LogP contribution is 2.47. The molecule has 4 aromatic carbocycles. The van der Waals surface area contributed by atoms with Crippen LogP contribution in [0.2, 0.25) is 40.2 Å². The first-order chi connectivity index (χ1) is 29.1. The van der Waals surface area contributed by atoms with E-state index in [1.54, 1.807) is 0 Å². The zero-order valence-corrected chi connectivity index (χ0v) is 42.3. The molecule has 338 valence electrons. The van der Waals surface area contributed by atoms with Crippen molar-refractivity contribution in [2.75, 3.05) is 13.2 Å². The molecular formula is C48H54Cl8O6. The summed E-state index contributed by atoms with van der Waals surface area (Å²) in [6.45, 7) is 17.8. The van der Waals surface area contributed by atoms with E-state index in [2.05, 4.69) is 27.7 Å². The second-order valence-corrected chi connectivity index (χ2v) is 20.9. The molecule has 0 saturated carbocycles. The molecule has 2 aliphatic rings. The highest BCUT2D eigenvalue weighted by atomic mass is 35.5.